The third kappa shape index (κ3) is 8.15. The van der Waals surface area contributed by atoms with E-state index in [1.807, 2.05) is 49.4 Å². The molecule has 0 bridgehead atoms. The summed E-state index contributed by atoms with van der Waals surface area (Å²) in [7, 11) is 1.61. The number of carbonyl (C=O) groups excluding carboxylic acids is 3. The summed E-state index contributed by atoms with van der Waals surface area (Å²) < 4.78 is 18.0. The van der Waals surface area contributed by atoms with Crippen LogP contribution in [0, 0.1) is 13.8 Å². The second-order valence-electron chi connectivity index (χ2n) is 10.3. The van der Waals surface area contributed by atoms with Crippen molar-refractivity contribution in [2.24, 2.45) is 0 Å². The molecule has 228 valence electrons. The Morgan fingerprint density at radius 1 is 1.02 bits per heavy atom. The molecule has 43 heavy (non-hydrogen) atoms. The van der Waals surface area contributed by atoms with E-state index in [2.05, 4.69) is 10.4 Å². The lowest BCUT2D eigenvalue weighted by Crippen LogP contribution is -2.52. The molecule has 1 saturated heterocycles. The molecular formula is C32H39N5O6. The standard InChI is InChI=1S/C32H39N5O6/c1-6-42-32(40)36-17-15-35(16-18-36)31(39)24(4)37-20-28(23(3)34-37)33-30(38)14-10-25-9-13-29(41-5)26(19-25)21-43-27-11-7-22(2)8-12-27/h7-14,19-20,24H,6,15-18,21H2,1-5H3,(H,33,38)/b14-10+. The van der Waals surface area contributed by atoms with Crippen molar-refractivity contribution in [2.45, 2.75) is 40.3 Å². The maximum atomic E-state index is 13.1. The van der Waals surface area contributed by atoms with Crippen molar-refractivity contribution in [3.05, 3.63) is 77.1 Å². The molecule has 0 radical (unpaired) electrons. The van der Waals surface area contributed by atoms with E-state index >= 15 is 0 Å². The fraction of sp³-hybridized carbons (Fsp3) is 0.375. The maximum Gasteiger partial charge on any atom is 0.409 e. The van der Waals surface area contributed by atoms with Gasteiger partial charge in [-0.05, 0) is 63.6 Å². The van der Waals surface area contributed by atoms with Crippen molar-refractivity contribution in [3.63, 3.8) is 0 Å². The first kappa shape index (κ1) is 31.1. The predicted octanol–water partition coefficient (Wildman–Crippen LogP) is 4.60. The van der Waals surface area contributed by atoms with Gasteiger partial charge in [0, 0.05) is 44.0 Å². The van der Waals surface area contributed by atoms with Crippen LogP contribution in [0.4, 0.5) is 10.5 Å². The molecule has 0 spiro atoms. The molecule has 11 nitrogen and oxygen atoms in total. The van der Waals surface area contributed by atoms with Gasteiger partial charge in [0.05, 0.1) is 25.1 Å². The van der Waals surface area contributed by atoms with Gasteiger partial charge < -0.3 is 29.3 Å². The van der Waals surface area contributed by atoms with Gasteiger partial charge in [-0.15, -0.1) is 0 Å². The molecule has 2 heterocycles. The molecule has 0 saturated carbocycles. The number of ether oxygens (including phenoxy) is 3. The first-order valence-corrected chi connectivity index (χ1v) is 14.3. The SMILES string of the molecule is CCOC(=O)N1CCN(C(=O)C(C)n2cc(NC(=O)/C=C/c3ccc(OC)c(COc4ccc(C)cc4)c3)c(C)n2)CC1. The zero-order chi connectivity index (χ0) is 30.9. The smallest absolute Gasteiger partial charge is 0.409 e. The van der Waals surface area contributed by atoms with Crippen molar-refractivity contribution in [3.8, 4) is 11.5 Å². The minimum absolute atomic E-state index is 0.106. The van der Waals surface area contributed by atoms with Gasteiger partial charge in [0.2, 0.25) is 11.8 Å². The molecule has 1 aliphatic heterocycles. The summed E-state index contributed by atoms with van der Waals surface area (Å²) >= 11 is 0. The largest absolute Gasteiger partial charge is 0.496 e. The Hall–Kier alpha value is -4.80. The van der Waals surface area contributed by atoms with Gasteiger partial charge in [-0.3, -0.25) is 14.3 Å². The van der Waals surface area contributed by atoms with Crippen LogP contribution in [-0.2, 0) is 20.9 Å². The lowest BCUT2D eigenvalue weighted by molar-refractivity contribution is -0.136. The van der Waals surface area contributed by atoms with Crippen LogP contribution in [0.15, 0.2) is 54.7 Å². The van der Waals surface area contributed by atoms with Crippen molar-refractivity contribution in [1.29, 1.82) is 0 Å². The molecule has 3 aromatic rings. The first-order valence-electron chi connectivity index (χ1n) is 14.3. The van der Waals surface area contributed by atoms with E-state index in [0.29, 0.717) is 56.5 Å². The normalized spacial score (nSPS) is 14.0. The molecule has 3 amide bonds. The van der Waals surface area contributed by atoms with Gasteiger partial charge >= 0.3 is 6.09 Å². The summed E-state index contributed by atoms with van der Waals surface area (Å²) in [6, 6.07) is 12.9. The number of rotatable bonds is 10. The molecular weight excluding hydrogens is 550 g/mol. The monoisotopic (exact) mass is 589 g/mol. The van der Waals surface area contributed by atoms with Crippen LogP contribution >= 0.6 is 0 Å². The van der Waals surface area contributed by atoms with Gasteiger partial charge in [-0.25, -0.2) is 4.79 Å². The Bertz CT molecular complexity index is 1460. The Balaban J connectivity index is 1.34. The number of anilines is 1. The van der Waals surface area contributed by atoms with Gasteiger partial charge in [0.1, 0.15) is 24.1 Å². The average Bonchev–Trinajstić information content (AvgIpc) is 3.38. The van der Waals surface area contributed by atoms with Crippen LogP contribution in [0.2, 0.25) is 0 Å². The minimum Gasteiger partial charge on any atom is -0.496 e. The fourth-order valence-electron chi connectivity index (χ4n) is 4.66. The van der Waals surface area contributed by atoms with Crippen LogP contribution in [0.3, 0.4) is 0 Å². The lowest BCUT2D eigenvalue weighted by Gasteiger charge is -2.35. The average molecular weight is 590 g/mol. The number of nitrogens with one attached hydrogen (secondary N) is 1. The summed E-state index contributed by atoms with van der Waals surface area (Å²) in [5, 5.41) is 7.32. The highest BCUT2D eigenvalue weighted by molar-refractivity contribution is 6.02. The van der Waals surface area contributed by atoms with Crippen molar-refractivity contribution < 1.29 is 28.6 Å². The zero-order valence-corrected chi connectivity index (χ0v) is 25.3. The molecule has 2 aromatic carbocycles. The van der Waals surface area contributed by atoms with E-state index in [4.69, 9.17) is 14.2 Å². The van der Waals surface area contributed by atoms with E-state index in [-0.39, 0.29) is 17.9 Å². The van der Waals surface area contributed by atoms with Crippen molar-refractivity contribution in [1.82, 2.24) is 19.6 Å². The number of methoxy groups -OCH3 is 1. The van der Waals surface area contributed by atoms with E-state index in [1.165, 1.54) is 6.08 Å². The van der Waals surface area contributed by atoms with Gasteiger partial charge in [-0.1, -0.05) is 23.8 Å². The zero-order valence-electron chi connectivity index (χ0n) is 25.3. The highest BCUT2D eigenvalue weighted by atomic mass is 16.6. The quantitative estimate of drug-likeness (QED) is 0.344. The molecule has 1 aromatic heterocycles. The van der Waals surface area contributed by atoms with Crippen LogP contribution in [0.25, 0.3) is 6.08 Å². The topological polar surface area (TPSA) is 115 Å². The van der Waals surface area contributed by atoms with E-state index in [0.717, 1.165) is 22.4 Å². The van der Waals surface area contributed by atoms with Crippen molar-refractivity contribution >= 4 is 29.7 Å². The minimum atomic E-state index is -0.575. The third-order valence-corrected chi connectivity index (χ3v) is 7.19. The molecule has 11 heteroatoms. The fourth-order valence-corrected chi connectivity index (χ4v) is 4.66. The highest BCUT2D eigenvalue weighted by Gasteiger charge is 2.29. The first-order chi connectivity index (χ1) is 20.7. The van der Waals surface area contributed by atoms with Crippen LogP contribution < -0.4 is 14.8 Å². The molecule has 1 unspecified atom stereocenters. The van der Waals surface area contributed by atoms with Gasteiger partial charge in [0.25, 0.3) is 0 Å². The lowest BCUT2D eigenvalue weighted by atomic mass is 10.1. The summed E-state index contributed by atoms with van der Waals surface area (Å²) in [6.45, 7) is 9.62. The number of hydrogen-bond acceptors (Lipinski definition) is 7. The van der Waals surface area contributed by atoms with Gasteiger partial charge in [-0.2, -0.15) is 5.10 Å². The second-order valence-corrected chi connectivity index (χ2v) is 10.3. The number of benzene rings is 2. The van der Waals surface area contributed by atoms with Crippen molar-refractivity contribution in [2.75, 3.05) is 45.2 Å². The molecule has 1 fully saturated rings. The summed E-state index contributed by atoms with van der Waals surface area (Å²) in [4.78, 5) is 41.2. The maximum absolute atomic E-state index is 13.1. The van der Waals surface area contributed by atoms with E-state index in [1.54, 1.807) is 54.6 Å². The molecule has 0 aliphatic carbocycles. The molecule has 1 aliphatic rings. The summed E-state index contributed by atoms with van der Waals surface area (Å²) in [5.74, 6) is 1.02. The molecule has 1 N–H and O–H groups in total. The van der Waals surface area contributed by atoms with Crippen LogP contribution in [0.5, 0.6) is 11.5 Å². The second kappa shape index (κ2) is 14.4. The van der Waals surface area contributed by atoms with Gasteiger partial charge in [0.15, 0.2) is 0 Å². The number of aryl methyl sites for hydroxylation is 2. The number of amides is 3. The van der Waals surface area contributed by atoms with E-state index < -0.39 is 6.04 Å². The number of carbonyl (C=O) groups is 3. The Labute approximate surface area is 252 Å². The number of hydrogen-bond donors (Lipinski definition) is 1. The summed E-state index contributed by atoms with van der Waals surface area (Å²) in [5.41, 5.74) is 3.93. The highest BCUT2D eigenvalue weighted by Crippen LogP contribution is 2.24. The number of aromatic nitrogens is 2. The Morgan fingerprint density at radius 3 is 2.40 bits per heavy atom. The number of nitrogens with zero attached hydrogens (tertiary/aromatic N) is 4. The summed E-state index contributed by atoms with van der Waals surface area (Å²) in [6.07, 6.45) is 4.46. The van der Waals surface area contributed by atoms with Crippen LogP contribution in [0.1, 0.15) is 42.3 Å². The third-order valence-electron chi connectivity index (χ3n) is 7.19. The predicted molar refractivity (Wildman–Crippen MR) is 163 cm³/mol. The van der Waals surface area contributed by atoms with Crippen LogP contribution in [-0.4, -0.2) is 77.4 Å². The van der Waals surface area contributed by atoms with E-state index in [9.17, 15) is 14.4 Å². The molecule has 1 atom stereocenters. The molecule has 4 rings (SSSR count). The Morgan fingerprint density at radius 2 is 1.72 bits per heavy atom. The Kier molecular flexibility index (Phi) is 10.4. The number of piperazine rings is 1.